The molecule has 0 radical (unpaired) electrons. The van der Waals surface area contributed by atoms with Gasteiger partial charge in [0.05, 0.1) is 6.20 Å². The zero-order chi connectivity index (χ0) is 14.8. The number of benzene rings is 1. The van der Waals surface area contributed by atoms with Gasteiger partial charge in [-0.2, -0.15) is 5.10 Å². The van der Waals surface area contributed by atoms with Gasteiger partial charge in [-0.1, -0.05) is 30.3 Å². The van der Waals surface area contributed by atoms with Crippen LogP contribution in [0.4, 0.5) is 5.82 Å². The summed E-state index contributed by atoms with van der Waals surface area (Å²) in [6.07, 6.45) is 3.59. The number of nitrogens with one attached hydrogen (secondary N) is 2. The molecule has 1 aromatic carbocycles. The fourth-order valence-corrected chi connectivity index (χ4v) is 2.67. The fourth-order valence-electron chi connectivity index (χ4n) is 2.67. The van der Waals surface area contributed by atoms with Crippen LogP contribution in [0.1, 0.15) is 12.8 Å². The highest BCUT2D eigenvalue weighted by Crippen LogP contribution is 2.32. The molecule has 0 aliphatic heterocycles. The molecule has 110 valence electrons. The summed E-state index contributed by atoms with van der Waals surface area (Å²) in [5, 5.41) is 9.90. The molecular weight excluding hydrogens is 264 g/mol. The van der Waals surface area contributed by atoms with E-state index in [1.54, 1.807) is 6.20 Å². The molecule has 1 aliphatic carbocycles. The third-order valence-electron chi connectivity index (χ3n) is 4.19. The van der Waals surface area contributed by atoms with Crippen LogP contribution in [0.15, 0.2) is 36.5 Å². The number of hydrogen-bond acceptors (Lipinski definition) is 3. The van der Waals surface area contributed by atoms with E-state index >= 15 is 0 Å². The van der Waals surface area contributed by atoms with Crippen molar-refractivity contribution in [1.29, 1.82) is 0 Å². The number of rotatable bonds is 4. The van der Waals surface area contributed by atoms with Gasteiger partial charge in [-0.25, -0.2) is 0 Å². The summed E-state index contributed by atoms with van der Waals surface area (Å²) < 4.78 is 0. The fraction of sp³-hybridized carbons (Fsp3) is 0.375. The first-order valence-electron chi connectivity index (χ1n) is 7.21. The summed E-state index contributed by atoms with van der Waals surface area (Å²) in [4.78, 5) is 14.4. The number of carbonyl (C=O) groups is 1. The lowest BCUT2D eigenvalue weighted by atomic mass is 9.79. The SMILES string of the molecule is CN(C)C1CC(C(=O)Nc2[nH]ncc2-c2ccccc2)C1. The Hall–Kier alpha value is -2.14. The number of anilines is 1. The third kappa shape index (κ3) is 2.83. The Bertz CT molecular complexity index is 614. The maximum atomic E-state index is 12.3. The number of H-pyrrole nitrogens is 1. The molecule has 3 rings (SSSR count). The van der Waals surface area contributed by atoms with Crippen molar-refractivity contribution in [2.24, 2.45) is 5.92 Å². The molecule has 5 nitrogen and oxygen atoms in total. The first-order chi connectivity index (χ1) is 10.1. The van der Waals surface area contributed by atoms with Crippen LogP contribution in [0.3, 0.4) is 0 Å². The minimum Gasteiger partial charge on any atom is -0.310 e. The van der Waals surface area contributed by atoms with Crippen LogP contribution in [0, 0.1) is 5.92 Å². The van der Waals surface area contributed by atoms with Crippen molar-refractivity contribution in [3.05, 3.63) is 36.5 Å². The van der Waals surface area contributed by atoms with E-state index in [-0.39, 0.29) is 11.8 Å². The van der Waals surface area contributed by atoms with Crippen LogP contribution in [-0.2, 0) is 4.79 Å². The summed E-state index contributed by atoms with van der Waals surface area (Å²) >= 11 is 0. The lowest BCUT2D eigenvalue weighted by Crippen LogP contribution is -2.45. The Kier molecular flexibility index (Phi) is 3.75. The van der Waals surface area contributed by atoms with Crippen molar-refractivity contribution in [3.8, 4) is 11.1 Å². The largest absolute Gasteiger partial charge is 0.310 e. The summed E-state index contributed by atoms with van der Waals surface area (Å²) in [6.45, 7) is 0. The molecule has 5 heteroatoms. The van der Waals surface area contributed by atoms with Crippen molar-refractivity contribution in [3.63, 3.8) is 0 Å². The monoisotopic (exact) mass is 284 g/mol. The lowest BCUT2D eigenvalue weighted by Gasteiger charge is -2.38. The predicted octanol–water partition coefficient (Wildman–Crippen LogP) is 2.36. The normalized spacial score (nSPS) is 21.1. The predicted molar refractivity (Wildman–Crippen MR) is 82.9 cm³/mol. The van der Waals surface area contributed by atoms with E-state index < -0.39 is 0 Å². The summed E-state index contributed by atoms with van der Waals surface area (Å²) in [5.74, 6) is 0.860. The average Bonchev–Trinajstić information content (AvgIpc) is 2.85. The van der Waals surface area contributed by atoms with E-state index in [0.717, 1.165) is 24.0 Å². The first-order valence-corrected chi connectivity index (χ1v) is 7.21. The van der Waals surface area contributed by atoms with Crippen LogP contribution >= 0.6 is 0 Å². The third-order valence-corrected chi connectivity index (χ3v) is 4.19. The molecular formula is C16H20N4O. The molecule has 1 saturated carbocycles. The Morgan fingerprint density at radius 3 is 2.67 bits per heavy atom. The van der Waals surface area contributed by atoms with Crippen LogP contribution in [0.5, 0.6) is 0 Å². The highest BCUT2D eigenvalue weighted by Gasteiger charge is 2.35. The van der Waals surface area contributed by atoms with Crippen molar-refractivity contribution < 1.29 is 4.79 Å². The summed E-state index contributed by atoms with van der Waals surface area (Å²) in [6, 6.07) is 10.5. The number of amides is 1. The van der Waals surface area contributed by atoms with Crippen molar-refractivity contribution in [2.45, 2.75) is 18.9 Å². The quantitative estimate of drug-likeness (QED) is 0.906. The van der Waals surface area contributed by atoms with E-state index in [0.29, 0.717) is 11.9 Å². The van der Waals surface area contributed by atoms with Crippen LogP contribution < -0.4 is 5.32 Å². The van der Waals surface area contributed by atoms with Crippen LogP contribution in [-0.4, -0.2) is 41.1 Å². The molecule has 1 amide bonds. The Labute approximate surface area is 124 Å². The highest BCUT2D eigenvalue weighted by molar-refractivity contribution is 5.95. The molecule has 0 bridgehead atoms. The smallest absolute Gasteiger partial charge is 0.228 e. The van der Waals surface area contributed by atoms with Crippen molar-refractivity contribution in [2.75, 3.05) is 19.4 Å². The molecule has 0 spiro atoms. The molecule has 21 heavy (non-hydrogen) atoms. The Morgan fingerprint density at radius 1 is 1.29 bits per heavy atom. The minimum atomic E-state index is 0.0783. The lowest BCUT2D eigenvalue weighted by molar-refractivity contribution is -0.124. The van der Waals surface area contributed by atoms with Gasteiger partial charge < -0.3 is 10.2 Å². The standard InChI is InChI=1S/C16H20N4O/c1-20(2)13-8-12(9-13)16(21)18-15-14(10-17-19-15)11-6-4-3-5-7-11/h3-7,10,12-13H,8-9H2,1-2H3,(H2,17,18,19,21). The van der Waals surface area contributed by atoms with Gasteiger partial charge in [0.2, 0.25) is 5.91 Å². The molecule has 1 heterocycles. The number of nitrogens with zero attached hydrogens (tertiary/aromatic N) is 2. The van der Waals surface area contributed by atoms with E-state index in [2.05, 4.69) is 34.5 Å². The zero-order valence-corrected chi connectivity index (χ0v) is 12.3. The summed E-state index contributed by atoms with van der Waals surface area (Å²) in [7, 11) is 4.11. The molecule has 2 aromatic rings. The Morgan fingerprint density at radius 2 is 2.00 bits per heavy atom. The van der Waals surface area contributed by atoms with Crippen molar-refractivity contribution in [1.82, 2.24) is 15.1 Å². The molecule has 2 N–H and O–H groups in total. The van der Waals surface area contributed by atoms with E-state index in [9.17, 15) is 4.79 Å². The second kappa shape index (κ2) is 5.69. The number of carbonyl (C=O) groups excluding carboxylic acids is 1. The van der Waals surface area contributed by atoms with Gasteiger partial charge in [-0.15, -0.1) is 0 Å². The van der Waals surface area contributed by atoms with E-state index in [4.69, 9.17) is 0 Å². The second-order valence-electron chi connectivity index (χ2n) is 5.80. The van der Waals surface area contributed by atoms with Gasteiger partial charge in [-0.3, -0.25) is 9.89 Å². The van der Waals surface area contributed by atoms with Crippen LogP contribution in [0.25, 0.3) is 11.1 Å². The maximum absolute atomic E-state index is 12.3. The second-order valence-corrected chi connectivity index (χ2v) is 5.80. The summed E-state index contributed by atoms with van der Waals surface area (Å²) in [5.41, 5.74) is 1.97. The van der Waals surface area contributed by atoms with Gasteiger partial charge in [0, 0.05) is 17.5 Å². The molecule has 1 aromatic heterocycles. The maximum Gasteiger partial charge on any atom is 0.228 e. The van der Waals surface area contributed by atoms with Crippen LogP contribution in [0.2, 0.25) is 0 Å². The molecule has 0 saturated heterocycles. The van der Waals surface area contributed by atoms with E-state index in [1.807, 2.05) is 30.3 Å². The minimum absolute atomic E-state index is 0.0783. The topological polar surface area (TPSA) is 61.0 Å². The molecule has 0 unspecified atom stereocenters. The van der Waals surface area contributed by atoms with Gasteiger partial charge in [-0.05, 0) is 32.5 Å². The zero-order valence-electron chi connectivity index (χ0n) is 12.3. The highest BCUT2D eigenvalue weighted by atomic mass is 16.2. The number of hydrogen-bond donors (Lipinski definition) is 2. The average molecular weight is 284 g/mol. The number of aromatic nitrogens is 2. The van der Waals surface area contributed by atoms with Gasteiger partial charge in [0.25, 0.3) is 0 Å². The van der Waals surface area contributed by atoms with Gasteiger partial charge >= 0.3 is 0 Å². The van der Waals surface area contributed by atoms with Crippen molar-refractivity contribution >= 4 is 11.7 Å². The number of aromatic amines is 1. The molecule has 0 atom stereocenters. The van der Waals surface area contributed by atoms with E-state index in [1.165, 1.54) is 0 Å². The first kappa shape index (κ1) is 13.8. The molecule has 1 fully saturated rings. The Balaban J connectivity index is 1.67. The van der Waals surface area contributed by atoms with Gasteiger partial charge in [0.15, 0.2) is 0 Å². The molecule has 1 aliphatic rings. The van der Waals surface area contributed by atoms with Gasteiger partial charge in [0.1, 0.15) is 5.82 Å².